The molecule has 2 N–H and O–H groups in total. The van der Waals surface area contributed by atoms with Crippen molar-refractivity contribution in [1.82, 2.24) is 25.0 Å². The number of nitrogens with one attached hydrogen (secondary N) is 2. The Labute approximate surface area is 212 Å². The van der Waals surface area contributed by atoms with E-state index in [0.29, 0.717) is 41.9 Å². The highest BCUT2D eigenvalue weighted by molar-refractivity contribution is 7.80. The molecule has 0 saturated carbocycles. The fourth-order valence-electron chi connectivity index (χ4n) is 4.38. The van der Waals surface area contributed by atoms with Gasteiger partial charge in [0.1, 0.15) is 13.2 Å². The van der Waals surface area contributed by atoms with Gasteiger partial charge in [-0.2, -0.15) is 0 Å². The molecular formula is C25H37N5O4S. The highest BCUT2D eigenvalue weighted by atomic mass is 32.1. The van der Waals surface area contributed by atoms with Crippen LogP contribution in [0.3, 0.4) is 0 Å². The van der Waals surface area contributed by atoms with Crippen molar-refractivity contribution in [2.45, 2.75) is 19.4 Å². The molecule has 35 heavy (non-hydrogen) atoms. The first kappa shape index (κ1) is 25.7. The van der Waals surface area contributed by atoms with E-state index in [9.17, 15) is 4.79 Å². The number of hydrogen-bond acceptors (Lipinski definition) is 7. The van der Waals surface area contributed by atoms with Crippen molar-refractivity contribution in [1.29, 1.82) is 0 Å². The van der Waals surface area contributed by atoms with Crippen LogP contribution in [0.5, 0.6) is 11.5 Å². The first-order chi connectivity index (χ1) is 17.0. The van der Waals surface area contributed by atoms with Crippen LogP contribution in [0.15, 0.2) is 23.0 Å². The first-order valence-corrected chi connectivity index (χ1v) is 12.8. The summed E-state index contributed by atoms with van der Waals surface area (Å²) in [4.78, 5) is 22.6. The number of morpholine rings is 1. The maximum atomic E-state index is 12.9. The van der Waals surface area contributed by atoms with Gasteiger partial charge >= 0.3 is 0 Å². The van der Waals surface area contributed by atoms with Crippen LogP contribution in [0.1, 0.15) is 18.4 Å². The van der Waals surface area contributed by atoms with Gasteiger partial charge in [0, 0.05) is 43.2 Å². The minimum atomic E-state index is -0.109. The molecule has 2 aliphatic rings. The van der Waals surface area contributed by atoms with Gasteiger partial charge in [0.2, 0.25) is 0 Å². The molecule has 192 valence electrons. The van der Waals surface area contributed by atoms with E-state index >= 15 is 0 Å². The van der Waals surface area contributed by atoms with Crippen molar-refractivity contribution >= 4 is 28.2 Å². The van der Waals surface area contributed by atoms with Gasteiger partial charge in [-0.1, -0.05) is 0 Å². The fourth-order valence-corrected chi connectivity index (χ4v) is 4.63. The summed E-state index contributed by atoms with van der Waals surface area (Å²) in [5.41, 5.74) is 1.31. The molecule has 0 unspecified atom stereocenters. The van der Waals surface area contributed by atoms with Crippen LogP contribution in [0.25, 0.3) is 10.9 Å². The standard InChI is InChI=1S/C25H37N5O4S/c1-28(2)6-4-8-30(25(35)26-5-3-7-29-9-11-32-12-10-29)18-20-15-19-16-22-23(34-14-13-33-22)17-21(19)27-24(20)31/h15-17H,3-14,18H2,1-2H3,(H,26,35)(H,27,31). The van der Waals surface area contributed by atoms with Crippen LogP contribution in [0.2, 0.25) is 0 Å². The Hall–Kier alpha value is -2.40. The van der Waals surface area contributed by atoms with E-state index in [0.717, 1.165) is 76.2 Å². The molecular weight excluding hydrogens is 466 g/mol. The van der Waals surface area contributed by atoms with Gasteiger partial charge in [-0.25, -0.2) is 0 Å². The highest BCUT2D eigenvalue weighted by Crippen LogP contribution is 2.33. The lowest BCUT2D eigenvalue weighted by Crippen LogP contribution is -2.43. The van der Waals surface area contributed by atoms with Crippen LogP contribution in [-0.2, 0) is 11.3 Å². The van der Waals surface area contributed by atoms with Crippen molar-refractivity contribution in [2.24, 2.45) is 0 Å². The Morgan fingerprint density at radius 3 is 2.54 bits per heavy atom. The normalized spacial score (nSPS) is 16.0. The number of aromatic amines is 1. The van der Waals surface area contributed by atoms with E-state index in [1.54, 1.807) is 0 Å². The zero-order valence-electron chi connectivity index (χ0n) is 20.8. The first-order valence-electron chi connectivity index (χ1n) is 12.4. The van der Waals surface area contributed by atoms with E-state index in [2.05, 4.69) is 39.1 Å². The number of H-pyrrole nitrogens is 1. The number of aromatic nitrogens is 1. The van der Waals surface area contributed by atoms with Crippen LogP contribution in [0, 0.1) is 0 Å². The molecule has 0 aliphatic carbocycles. The molecule has 0 bridgehead atoms. The SMILES string of the molecule is CN(C)CCCN(Cc1cc2cc3c(cc2[nH]c1=O)OCCO3)C(=S)NCCCN1CCOCC1. The lowest BCUT2D eigenvalue weighted by molar-refractivity contribution is 0.0376. The van der Waals surface area contributed by atoms with E-state index in [1.807, 2.05) is 18.2 Å². The zero-order chi connectivity index (χ0) is 24.6. The lowest BCUT2D eigenvalue weighted by Gasteiger charge is -2.28. The Balaban J connectivity index is 1.42. The molecule has 4 rings (SSSR count). The Morgan fingerprint density at radius 2 is 1.80 bits per heavy atom. The second-order valence-corrected chi connectivity index (χ2v) is 9.71. The number of hydrogen-bond donors (Lipinski definition) is 2. The number of nitrogens with zero attached hydrogens (tertiary/aromatic N) is 3. The Kier molecular flexibility index (Phi) is 9.19. The molecule has 3 heterocycles. The van der Waals surface area contributed by atoms with Crippen molar-refractivity contribution in [2.75, 3.05) is 79.8 Å². The lowest BCUT2D eigenvalue weighted by atomic mass is 10.1. The third kappa shape index (κ3) is 7.30. The monoisotopic (exact) mass is 503 g/mol. The molecule has 1 aromatic carbocycles. The van der Waals surface area contributed by atoms with E-state index < -0.39 is 0 Å². The van der Waals surface area contributed by atoms with Crippen molar-refractivity contribution in [3.63, 3.8) is 0 Å². The minimum absolute atomic E-state index is 0.109. The molecule has 1 aromatic heterocycles. The van der Waals surface area contributed by atoms with Gasteiger partial charge in [0.05, 0.1) is 25.3 Å². The molecule has 0 atom stereocenters. The van der Waals surface area contributed by atoms with Crippen molar-refractivity contribution < 1.29 is 14.2 Å². The number of rotatable bonds is 10. The predicted octanol–water partition coefficient (Wildman–Crippen LogP) is 1.65. The molecule has 2 aliphatic heterocycles. The zero-order valence-corrected chi connectivity index (χ0v) is 21.6. The molecule has 1 fully saturated rings. The summed E-state index contributed by atoms with van der Waals surface area (Å²) in [7, 11) is 4.13. The Bertz CT molecular complexity index is 1050. The molecule has 0 amide bonds. The van der Waals surface area contributed by atoms with E-state index in [4.69, 9.17) is 26.4 Å². The summed E-state index contributed by atoms with van der Waals surface area (Å²) in [6.07, 6.45) is 1.96. The van der Waals surface area contributed by atoms with E-state index in [-0.39, 0.29) is 5.56 Å². The van der Waals surface area contributed by atoms with Gasteiger partial charge in [-0.05, 0) is 64.4 Å². The van der Waals surface area contributed by atoms with Crippen LogP contribution in [-0.4, -0.2) is 105 Å². The summed E-state index contributed by atoms with van der Waals surface area (Å²) in [5.74, 6) is 1.38. The number of pyridine rings is 1. The van der Waals surface area contributed by atoms with E-state index in [1.165, 1.54) is 0 Å². The summed E-state index contributed by atoms with van der Waals surface area (Å²) >= 11 is 5.76. The summed E-state index contributed by atoms with van der Waals surface area (Å²) in [6.45, 7) is 8.65. The maximum absolute atomic E-state index is 12.9. The Morgan fingerprint density at radius 1 is 1.06 bits per heavy atom. The van der Waals surface area contributed by atoms with Gasteiger partial charge < -0.3 is 34.3 Å². The molecule has 2 aromatic rings. The number of ether oxygens (including phenoxy) is 3. The number of benzene rings is 1. The quantitative estimate of drug-likeness (QED) is 0.372. The fraction of sp³-hybridized carbons (Fsp3) is 0.600. The van der Waals surface area contributed by atoms with Crippen molar-refractivity contribution in [3.05, 3.63) is 34.1 Å². The molecule has 10 heteroatoms. The molecule has 9 nitrogen and oxygen atoms in total. The summed E-state index contributed by atoms with van der Waals surface area (Å²) in [5, 5.41) is 5.02. The highest BCUT2D eigenvalue weighted by Gasteiger charge is 2.17. The average molecular weight is 504 g/mol. The maximum Gasteiger partial charge on any atom is 0.253 e. The summed E-state index contributed by atoms with van der Waals surface area (Å²) in [6, 6.07) is 5.71. The third-order valence-corrected chi connectivity index (χ3v) is 6.70. The molecule has 0 spiro atoms. The smallest absolute Gasteiger partial charge is 0.253 e. The predicted molar refractivity (Wildman–Crippen MR) is 142 cm³/mol. The topological polar surface area (TPSA) is 82.3 Å². The largest absolute Gasteiger partial charge is 0.486 e. The third-order valence-electron chi connectivity index (χ3n) is 6.30. The van der Waals surface area contributed by atoms with Gasteiger partial charge in [0.15, 0.2) is 16.6 Å². The van der Waals surface area contributed by atoms with Crippen LogP contribution >= 0.6 is 12.2 Å². The van der Waals surface area contributed by atoms with Gasteiger partial charge in [0.25, 0.3) is 5.56 Å². The second kappa shape index (κ2) is 12.5. The second-order valence-electron chi connectivity index (χ2n) is 9.32. The van der Waals surface area contributed by atoms with Crippen molar-refractivity contribution in [3.8, 4) is 11.5 Å². The molecule has 0 radical (unpaired) electrons. The van der Waals surface area contributed by atoms with Gasteiger partial charge in [-0.15, -0.1) is 0 Å². The number of fused-ring (bicyclic) bond motifs is 2. The minimum Gasteiger partial charge on any atom is -0.486 e. The number of thiocarbonyl (C=S) groups is 1. The van der Waals surface area contributed by atoms with Gasteiger partial charge in [-0.3, -0.25) is 9.69 Å². The van der Waals surface area contributed by atoms with Crippen LogP contribution in [0.4, 0.5) is 0 Å². The average Bonchev–Trinajstić information content (AvgIpc) is 2.85. The summed E-state index contributed by atoms with van der Waals surface area (Å²) < 4.78 is 16.8. The van der Waals surface area contributed by atoms with Crippen LogP contribution < -0.4 is 20.3 Å². The molecule has 1 saturated heterocycles.